The number of thiazole rings is 1. The number of nitrogens with zero attached hydrogens (tertiary/aromatic N) is 2. The molecule has 0 aliphatic rings. The van der Waals surface area contributed by atoms with Crippen molar-refractivity contribution in [3.63, 3.8) is 0 Å². The predicted molar refractivity (Wildman–Crippen MR) is 110 cm³/mol. The Balaban J connectivity index is 1.73. The number of aliphatic hydroxyl groups excluding tert-OH is 1. The summed E-state index contributed by atoms with van der Waals surface area (Å²) in [5.74, 6) is 0.628. The molecule has 1 atom stereocenters. The topological polar surface area (TPSA) is 79.7 Å². The Morgan fingerprint density at radius 2 is 1.86 bits per heavy atom. The molecule has 0 unspecified atom stereocenters. The average molecular weight is 419 g/mol. The van der Waals surface area contributed by atoms with Crippen molar-refractivity contribution in [2.24, 2.45) is 0 Å². The second kappa shape index (κ2) is 9.18. The summed E-state index contributed by atoms with van der Waals surface area (Å²) in [5, 5.41) is 12.4. The summed E-state index contributed by atoms with van der Waals surface area (Å²) in [5.41, 5.74) is 1.19. The van der Waals surface area contributed by atoms with Gasteiger partial charge in [-0.3, -0.25) is 0 Å². The average Bonchev–Trinajstić information content (AvgIpc) is 3.25. The van der Waals surface area contributed by atoms with Crippen LogP contribution in [0.4, 0.5) is 5.13 Å². The zero-order chi connectivity index (χ0) is 20.0. The largest absolute Gasteiger partial charge is 0.491 e. The van der Waals surface area contributed by atoms with Crippen molar-refractivity contribution >= 4 is 26.5 Å². The molecule has 0 radical (unpaired) electrons. The van der Waals surface area contributed by atoms with E-state index in [9.17, 15) is 13.5 Å². The van der Waals surface area contributed by atoms with Gasteiger partial charge in [0, 0.05) is 11.6 Å². The van der Waals surface area contributed by atoms with E-state index in [1.54, 1.807) is 23.6 Å². The van der Waals surface area contributed by atoms with Crippen molar-refractivity contribution < 1.29 is 18.3 Å². The first-order valence-electron chi connectivity index (χ1n) is 8.88. The molecule has 0 fully saturated rings. The number of aryl methyl sites for hydroxylation is 1. The van der Waals surface area contributed by atoms with Crippen molar-refractivity contribution in [2.45, 2.75) is 24.3 Å². The van der Waals surface area contributed by atoms with E-state index in [-0.39, 0.29) is 18.0 Å². The highest BCUT2D eigenvalue weighted by Gasteiger charge is 2.29. The highest BCUT2D eigenvalue weighted by atomic mass is 32.2. The standard InChI is InChI=1S/C20H22N2O4S2/c1-2-16-8-10-18(11-9-16)26-15-17(23)14-22(20-21-12-13-27-20)28(24,25)19-6-4-3-5-7-19/h3-13,17,23H,2,14-15H2,1H3/t17-/m1/s1. The molecule has 0 aliphatic carbocycles. The molecule has 0 aliphatic heterocycles. The summed E-state index contributed by atoms with van der Waals surface area (Å²) in [6, 6.07) is 15.7. The Morgan fingerprint density at radius 3 is 2.46 bits per heavy atom. The first-order chi connectivity index (χ1) is 13.5. The monoisotopic (exact) mass is 418 g/mol. The molecule has 0 spiro atoms. The van der Waals surface area contributed by atoms with E-state index in [4.69, 9.17) is 4.74 Å². The lowest BCUT2D eigenvalue weighted by molar-refractivity contribution is 0.115. The Bertz CT molecular complexity index is 959. The lowest BCUT2D eigenvalue weighted by Gasteiger charge is -2.24. The van der Waals surface area contributed by atoms with Crippen molar-refractivity contribution in [3.8, 4) is 5.75 Å². The van der Waals surface area contributed by atoms with Gasteiger partial charge in [-0.1, -0.05) is 37.3 Å². The molecule has 0 amide bonds. The van der Waals surface area contributed by atoms with E-state index >= 15 is 0 Å². The van der Waals surface area contributed by atoms with Crippen LogP contribution in [0.2, 0.25) is 0 Å². The van der Waals surface area contributed by atoms with Gasteiger partial charge in [-0.05, 0) is 36.2 Å². The van der Waals surface area contributed by atoms with E-state index in [0.29, 0.717) is 10.9 Å². The van der Waals surface area contributed by atoms with Crippen LogP contribution in [-0.4, -0.2) is 37.8 Å². The molecule has 28 heavy (non-hydrogen) atoms. The molecule has 6 nitrogen and oxygen atoms in total. The number of hydrogen-bond acceptors (Lipinski definition) is 6. The molecule has 1 N–H and O–H groups in total. The second-order valence-corrected chi connectivity index (χ2v) is 8.86. The van der Waals surface area contributed by atoms with E-state index in [1.165, 1.54) is 35.2 Å². The number of rotatable bonds is 9. The number of aliphatic hydroxyl groups is 1. The van der Waals surface area contributed by atoms with Gasteiger partial charge in [0.2, 0.25) is 0 Å². The quantitative estimate of drug-likeness (QED) is 0.577. The number of benzene rings is 2. The van der Waals surface area contributed by atoms with Crippen LogP contribution >= 0.6 is 11.3 Å². The maximum Gasteiger partial charge on any atom is 0.266 e. The van der Waals surface area contributed by atoms with Gasteiger partial charge in [-0.25, -0.2) is 17.7 Å². The van der Waals surface area contributed by atoms with Gasteiger partial charge < -0.3 is 9.84 Å². The molecule has 3 rings (SSSR count). The number of ether oxygens (including phenoxy) is 1. The van der Waals surface area contributed by atoms with Gasteiger partial charge in [0.15, 0.2) is 5.13 Å². The van der Waals surface area contributed by atoms with Crippen LogP contribution in [0.3, 0.4) is 0 Å². The van der Waals surface area contributed by atoms with Crippen molar-refractivity contribution in [2.75, 3.05) is 17.5 Å². The fourth-order valence-corrected chi connectivity index (χ4v) is 4.95. The van der Waals surface area contributed by atoms with Gasteiger partial charge in [-0.15, -0.1) is 11.3 Å². The minimum Gasteiger partial charge on any atom is -0.491 e. The van der Waals surface area contributed by atoms with Crippen LogP contribution in [-0.2, 0) is 16.4 Å². The number of sulfonamides is 1. The molecular weight excluding hydrogens is 396 g/mol. The zero-order valence-corrected chi connectivity index (χ0v) is 17.1. The maximum atomic E-state index is 13.1. The number of anilines is 1. The fraction of sp³-hybridized carbons (Fsp3) is 0.250. The van der Waals surface area contributed by atoms with Crippen molar-refractivity contribution in [1.82, 2.24) is 4.98 Å². The summed E-state index contributed by atoms with van der Waals surface area (Å²) in [7, 11) is -3.85. The van der Waals surface area contributed by atoms with Crippen LogP contribution in [0, 0.1) is 0 Å². The van der Waals surface area contributed by atoms with Gasteiger partial charge in [0.05, 0.1) is 11.4 Å². The van der Waals surface area contributed by atoms with Gasteiger partial charge in [0.1, 0.15) is 18.5 Å². The lowest BCUT2D eigenvalue weighted by Crippen LogP contribution is -2.39. The van der Waals surface area contributed by atoms with Crippen LogP contribution in [0.25, 0.3) is 0 Å². The Kier molecular flexibility index (Phi) is 6.66. The molecule has 2 aromatic carbocycles. The summed E-state index contributed by atoms with van der Waals surface area (Å²) in [4.78, 5) is 4.26. The molecular formula is C20H22N2O4S2. The Hall–Kier alpha value is -2.42. The SMILES string of the molecule is CCc1ccc(OC[C@H](O)CN(c2nccs2)S(=O)(=O)c2ccccc2)cc1. The predicted octanol–water partition coefficient (Wildman–Crippen LogP) is 3.34. The first kappa shape index (κ1) is 20.3. The zero-order valence-electron chi connectivity index (χ0n) is 15.4. The normalized spacial score (nSPS) is 12.5. The van der Waals surface area contributed by atoms with E-state index in [0.717, 1.165) is 10.7 Å². The van der Waals surface area contributed by atoms with Crippen molar-refractivity contribution in [3.05, 3.63) is 71.7 Å². The maximum absolute atomic E-state index is 13.1. The smallest absolute Gasteiger partial charge is 0.266 e. The third-order valence-electron chi connectivity index (χ3n) is 4.11. The van der Waals surface area contributed by atoms with Gasteiger partial charge in [0.25, 0.3) is 10.0 Å². The second-order valence-electron chi connectivity index (χ2n) is 6.13. The third kappa shape index (κ3) is 4.89. The van der Waals surface area contributed by atoms with Gasteiger partial charge in [-0.2, -0.15) is 0 Å². The van der Waals surface area contributed by atoms with Crippen molar-refractivity contribution in [1.29, 1.82) is 0 Å². The summed E-state index contributed by atoms with van der Waals surface area (Å²) in [6.45, 7) is 1.88. The van der Waals surface area contributed by atoms with Crippen LogP contribution in [0.5, 0.6) is 5.75 Å². The minimum atomic E-state index is -3.85. The molecule has 3 aromatic rings. The summed E-state index contributed by atoms with van der Waals surface area (Å²) >= 11 is 1.20. The summed E-state index contributed by atoms with van der Waals surface area (Å²) in [6.07, 6.45) is 1.45. The van der Waals surface area contributed by atoms with E-state index in [1.807, 2.05) is 24.3 Å². The lowest BCUT2D eigenvalue weighted by atomic mass is 10.2. The van der Waals surface area contributed by atoms with Crippen LogP contribution < -0.4 is 9.04 Å². The molecule has 8 heteroatoms. The minimum absolute atomic E-state index is 0.0301. The Labute approximate surface area is 169 Å². The van der Waals surface area contributed by atoms with Crippen LogP contribution in [0.1, 0.15) is 12.5 Å². The van der Waals surface area contributed by atoms with E-state index in [2.05, 4.69) is 11.9 Å². The molecule has 1 heterocycles. The third-order valence-corrected chi connectivity index (χ3v) is 6.79. The molecule has 148 valence electrons. The highest BCUT2D eigenvalue weighted by molar-refractivity contribution is 7.93. The molecule has 0 saturated heterocycles. The Morgan fingerprint density at radius 1 is 1.14 bits per heavy atom. The van der Waals surface area contributed by atoms with E-state index < -0.39 is 16.1 Å². The fourth-order valence-electron chi connectivity index (χ4n) is 2.60. The molecule has 0 bridgehead atoms. The summed E-state index contributed by atoms with van der Waals surface area (Å²) < 4.78 is 32.8. The van der Waals surface area contributed by atoms with Gasteiger partial charge >= 0.3 is 0 Å². The number of aromatic nitrogens is 1. The van der Waals surface area contributed by atoms with Crippen LogP contribution in [0.15, 0.2) is 71.1 Å². The number of hydrogen-bond donors (Lipinski definition) is 1. The highest BCUT2D eigenvalue weighted by Crippen LogP contribution is 2.26. The first-order valence-corrected chi connectivity index (χ1v) is 11.2. The molecule has 0 saturated carbocycles. The molecule has 1 aromatic heterocycles.